The molecular weight excluding hydrogens is 266 g/mol. The van der Waals surface area contributed by atoms with Gasteiger partial charge >= 0.3 is 0 Å². The van der Waals surface area contributed by atoms with E-state index in [0.717, 1.165) is 32.5 Å². The Balaban J connectivity index is 1.79. The summed E-state index contributed by atoms with van der Waals surface area (Å²) in [5.41, 5.74) is 1.83. The Bertz CT molecular complexity index is 590. The molecule has 3 rings (SSSR count). The highest BCUT2D eigenvalue weighted by molar-refractivity contribution is 7.99. The van der Waals surface area contributed by atoms with Crippen molar-refractivity contribution in [3.63, 3.8) is 0 Å². The van der Waals surface area contributed by atoms with Crippen LogP contribution in [0.3, 0.4) is 0 Å². The average molecular weight is 279 g/mol. The molecule has 1 aliphatic rings. The first-order valence-corrected chi connectivity index (χ1v) is 7.69. The predicted octanol–water partition coefficient (Wildman–Crippen LogP) is 2.21. The number of fused-ring (bicyclic) bond motifs is 1. The van der Waals surface area contributed by atoms with Gasteiger partial charge in [0.1, 0.15) is 0 Å². The van der Waals surface area contributed by atoms with E-state index < -0.39 is 0 Å². The van der Waals surface area contributed by atoms with Gasteiger partial charge in [0.2, 0.25) is 5.91 Å². The zero-order chi connectivity index (χ0) is 12.5. The van der Waals surface area contributed by atoms with E-state index in [4.69, 9.17) is 0 Å². The van der Waals surface area contributed by atoms with Crippen LogP contribution in [0, 0.1) is 6.92 Å². The second-order valence-electron chi connectivity index (χ2n) is 4.18. The van der Waals surface area contributed by atoms with Gasteiger partial charge in [-0.15, -0.1) is 23.1 Å². The Kier molecular flexibility index (Phi) is 3.23. The van der Waals surface area contributed by atoms with E-state index in [2.05, 4.69) is 15.6 Å². The Morgan fingerprint density at radius 3 is 3.22 bits per heavy atom. The maximum atomic E-state index is 12.0. The molecule has 1 saturated heterocycles. The van der Waals surface area contributed by atoms with Crippen LogP contribution in [0.5, 0.6) is 0 Å². The van der Waals surface area contributed by atoms with Crippen molar-refractivity contribution in [3.8, 4) is 0 Å². The highest BCUT2D eigenvalue weighted by Gasteiger charge is 2.22. The number of thioether (sulfide) groups is 1. The quantitative estimate of drug-likeness (QED) is 0.885. The molecule has 1 atom stereocenters. The SMILES string of the molecule is Cc1nc2ccc(NC(=O)C3CSCN3)cc2s1. The van der Waals surface area contributed by atoms with Gasteiger partial charge in [0, 0.05) is 17.3 Å². The van der Waals surface area contributed by atoms with Crippen molar-refractivity contribution in [1.29, 1.82) is 0 Å². The van der Waals surface area contributed by atoms with Crippen LogP contribution >= 0.6 is 23.1 Å². The summed E-state index contributed by atoms with van der Waals surface area (Å²) in [4.78, 5) is 16.4. The van der Waals surface area contributed by atoms with E-state index >= 15 is 0 Å². The highest BCUT2D eigenvalue weighted by atomic mass is 32.2. The minimum absolute atomic E-state index is 0.0422. The molecule has 0 aliphatic carbocycles. The molecule has 1 amide bonds. The molecule has 2 N–H and O–H groups in total. The molecule has 0 saturated carbocycles. The van der Waals surface area contributed by atoms with Crippen LogP contribution in [0.4, 0.5) is 5.69 Å². The largest absolute Gasteiger partial charge is 0.325 e. The summed E-state index contributed by atoms with van der Waals surface area (Å²) in [6.07, 6.45) is 0. The second kappa shape index (κ2) is 4.87. The van der Waals surface area contributed by atoms with Crippen LogP contribution in [-0.2, 0) is 4.79 Å². The average Bonchev–Trinajstić information content (AvgIpc) is 2.95. The number of nitrogens with zero attached hydrogens (tertiary/aromatic N) is 1. The number of hydrogen-bond acceptors (Lipinski definition) is 5. The Morgan fingerprint density at radius 1 is 1.56 bits per heavy atom. The van der Waals surface area contributed by atoms with Gasteiger partial charge in [-0.1, -0.05) is 0 Å². The first kappa shape index (κ1) is 12.0. The van der Waals surface area contributed by atoms with Gasteiger partial charge in [0.15, 0.2) is 0 Å². The second-order valence-corrected chi connectivity index (χ2v) is 6.44. The van der Waals surface area contributed by atoms with Crippen LogP contribution in [0.25, 0.3) is 10.2 Å². The van der Waals surface area contributed by atoms with E-state index in [1.54, 1.807) is 23.1 Å². The predicted molar refractivity (Wildman–Crippen MR) is 77.2 cm³/mol. The fourth-order valence-electron chi connectivity index (χ4n) is 1.91. The number of hydrogen-bond donors (Lipinski definition) is 2. The van der Waals surface area contributed by atoms with E-state index in [-0.39, 0.29) is 11.9 Å². The maximum absolute atomic E-state index is 12.0. The third-order valence-electron chi connectivity index (χ3n) is 2.80. The van der Waals surface area contributed by atoms with Gasteiger partial charge in [-0.25, -0.2) is 4.98 Å². The van der Waals surface area contributed by atoms with Crippen LogP contribution in [0.1, 0.15) is 5.01 Å². The Morgan fingerprint density at radius 2 is 2.44 bits per heavy atom. The van der Waals surface area contributed by atoms with Crippen molar-refractivity contribution >= 4 is 44.9 Å². The summed E-state index contributed by atoms with van der Waals surface area (Å²) in [5.74, 6) is 1.74. The molecule has 2 heterocycles. The molecular formula is C12H13N3OS2. The fraction of sp³-hybridized carbons (Fsp3) is 0.333. The van der Waals surface area contributed by atoms with Crippen molar-refractivity contribution in [3.05, 3.63) is 23.2 Å². The standard InChI is InChI=1S/C12H13N3OS2/c1-7-14-9-3-2-8(4-11(9)18-7)15-12(16)10-5-17-6-13-10/h2-4,10,13H,5-6H2,1H3,(H,15,16). The van der Waals surface area contributed by atoms with Gasteiger partial charge in [-0.05, 0) is 25.1 Å². The molecule has 2 aromatic rings. The van der Waals surface area contributed by atoms with E-state index in [1.165, 1.54) is 0 Å². The number of carbonyl (C=O) groups excluding carboxylic acids is 1. The zero-order valence-corrected chi connectivity index (χ0v) is 11.5. The number of rotatable bonds is 2. The molecule has 4 nitrogen and oxygen atoms in total. The fourth-order valence-corrected chi connectivity index (χ4v) is 3.72. The molecule has 6 heteroatoms. The number of thiazole rings is 1. The summed E-state index contributed by atoms with van der Waals surface area (Å²) in [7, 11) is 0. The highest BCUT2D eigenvalue weighted by Crippen LogP contribution is 2.25. The monoisotopic (exact) mass is 279 g/mol. The summed E-state index contributed by atoms with van der Waals surface area (Å²) >= 11 is 3.39. The van der Waals surface area contributed by atoms with E-state index in [0.29, 0.717) is 0 Å². The van der Waals surface area contributed by atoms with Gasteiger partial charge < -0.3 is 5.32 Å². The minimum Gasteiger partial charge on any atom is -0.325 e. The number of aryl methyl sites for hydroxylation is 1. The third kappa shape index (κ3) is 2.36. The molecule has 1 aromatic carbocycles. The molecule has 1 aliphatic heterocycles. The minimum atomic E-state index is -0.0751. The molecule has 1 aromatic heterocycles. The molecule has 1 unspecified atom stereocenters. The first-order valence-electron chi connectivity index (χ1n) is 5.71. The summed E-state index contributed by atoms with van der Waals surface area (Å²) < 4.78 is 1.11. The molecule has 94 valence electrons. The molecule has 0 spiro atoms. The normalized spacial score (nSPS) is 19.3. The first-order chi connectivity index (χ1) is 8.72. The number of amides is 1. The van der Waals surface area contributed by atoms with E-state index in [1.807, 2.05) is 25.1 Å². The van der Waals surface area contributed by atoms with Crippen molar-refractivity contribution in [2.75, 3.05) is 16.9 Å². The van der Waals surface area contributed by atoms with Crippen molar-refractivity contribution < 1.29 is 4.79 Å². The Labute approximate surface area is 113 Å². The van der Waals surface area contributed by atoms with Crippen molar-refractivity contribution in [1.82, 2.24) is 10.3 Å². The topological polar surface area (TPSA) is 54.0 Å². The Hall–Kier alpha value is -1.11. The number of benzene rings is 1. The van der Waals surface area contributed by atoms with Gasteiger partial charge in [0.25, 0.3) is 0 Å². The summed E-state index contributed by atoms with van der Waals surface area (Å²) in [5, 5.41) is 7.15. The lowest BCUT2D eigenvalue weighted by Crippen LogP contribution is -2.37. The van der Waals surface area contributed by atoms with Crippen LogP contribution in [0.2, 0.25) is 0 Å². The van der Waals surface area contributed by atoms with Crippen LogP contribution in [0.15, 0.2) is 18.2 Å². The lowest BCUT2D eigenvalue weighted by molar-refractivity contribution is -0.117. The maximum Gasteiger partial charge on any atom is 0.242 e. The molecule has 18 heavy (non-hydrogen) atoms. The van der Waals surface area contributed by atoms with Crippen LogP contribution in [-0.4, -0.2) is 28.6 Å². The van der Waals surface area contributed by atoms with Gasteiger partial charge in [-0.2, -0.15) is 0 Å². The third-order valence-corrected chi connectivity index (χ3v) is 4.67. The van der Waals surface area contributed by atoms with Crippen molar-refractivity contribution in [2.24, 2.45) is 0 Å². The molecule has 0 bridgehead atoms. The molecule has 0 radical (unpaired) electrons. The summed E-state index contributed by atoms with van der Waals surface area (Å²) in [6, 6.07) is 5.76. The van der Waals surface area contributed by atoms with Crippen LogP contribution < -0.4 is 10.6 Å². The number of aromatic nitrogens is 1. The molecule has 1 fully saturated rings. The zero-order valence-electron chi connectivity index (χ0n) is 9.90. The number of carbonyl (C=O) groups is 1. The summed E-state index contributed by atoms with van der Waals surface area (Å²) in [6.45, 7) is 1.99. The van der Waals surface area contributed by atoms with Gasteiger partial charge in [-0.3, -0.25) is 10.1 Å². The van der Waals surface area contributed by atoms with Crippen molar-refractivity contribution in [2.45, 2.75) is 13.0 Å². The smallest absolute Gasteiger partial charge is 0.242 e. The lowest BCUT2D eigenvalue weighted by Gasteiger charge is -2.10. The lowest BCUT2D eigenvalue weighted by atomic mass is 10.2. The van der Waals surface area contributed by atoms with Gasteiger partial charge in [0.05, 0.1) is 21.3 Å². The number of nitrogens with one attached hydrogen (secondary N) is 2. The van der Waals surface area contributed by atoms with E-state index in [9.17, 15) is 4.79 Å². The number of anilines is 1.